The van der Waals surface area contributed by atoms with E-state index in [1.54, 1.807) is 60.8 Å². The second-order valence-electron chi connectivity index (χ2n) is 9.75. The van der Waals surface area contributed by atoms with Gasteiger partial charge in [-0.2, -0.15) is 0 Å². The monoisotopic (exact) mass is 590 g/mol. The molecule has 3 aromatic carbocycles. The van der Waals surface area contributed by atoms with E-state index < -0.39 is 12.0 Å². The molecule has 2 atom stereocenters. The topological polar surface area (TPSA) is 117 Å². The summed E-state index contributed by atoms with van der Waals surface area (Å²) in [6.07, 6.45) is 1.72. The van der Waals surface area contributed by atoms with Crippen LogP contribution in [0.2, 0.25) is 0 Å². The molecule has 1 aliphatic heterocycles. The number of ether oxygens (including phenoxy) is 1. The van der Waals surface area contributed by atoms with E-state index in [0.29, 0.717) is 33.6 Å². The molecule has 0 radical (unpaired) electrons. The van der Waals surface area contributed by atoms with Gasteiger partial charge in [-0.15, -0.1) is 0 Å². The number of carboxylic acids is 1. The average molecular weight is 591 g/mol. The first-order chi connectivity index (χ1) is 21.0. The number of carbonyl (C=O) groups excluding carboxylic acids is 1. The van der Waals surface area contributed by atoms with Crippen molar-refractivity contribution in [2.75, 3.05) is 16.8 Å². The number of anilines is 2. The van der Waals surface area contributed by atoms with Crippen LogP contribution in [-0.2, 0) is 4.79 Å². The van der Waals surface area contributed by atoms with Crippen molar-refractivity contribution < 1.29 is 23.8 Å². The maximum absolute atomic E-state index is 12.5. The van der Waals surface area contributed by atoms with E-state index in [1.807, 2.05) is 59.5 Å². The molecule has 5 aromatic rings. The molecule has 43 heavy (non-hydrogen) atoms. The van der Waals surface area contributed by atoms with Gasteiger partial charge in [0.2, 0.25) is 0 Å². The minimum absolute atomic E-state index is 0.119. The average Bonchev–Trinajstić information content (AvgIpc) is 3.66. The van der Waals surface area contributed by atoms with Crippen molar-refractivity contribution in [3.05, 3.63) is 132 Å². The van der Waals surface area contributed by atoms with Gasteiger partial charge >= 0.3 is 5.97 Å². The van der Waals surface area contributed by atoms with Crippen molar-refractivity contribution in [2.45, 2.75) is 12.1 Å². The van der Waals surface area contributed by atoms with Crippen LogP contribution in [0.3, 0.4) is 0 Å². The van der Waals surface area contributed by atoms with Gasteiger partial charge in [0, 0.05) is 23.1 Å². The van der Waals surface area contributed by atoms with Crippen molar-refractivity contribution >= 4 is 40.6 Å². The first-order valence-corrected chi connectivity index (χ1v) is 13.9. The molecular formula is C33H26N4O5S. The Morgan fingerprint density at radius 1 is 0.930 bits per heavy atom. The fraction of sp³-hybridized carbons (Fsp3) is 0.0909. The molecule has 6 rings (SSSR count). The Labute approximate surface area is 252 Å². The van der Waals surface area contributed by atoms with Gasteiger partial charge in [0.25, 0.3) is 5.91 Å². The predicted molar refractivity (Wildman–Crippen MR) is 166 cm³/mol. The second-order valence-corrected chi connectivity index (χ2v) is 10.1. The third-order valence-corrected chi connectivity index (χ3v) is 7.30. The number of aromatic carboxylic acids is 1. The number of hydrogen-bond acceptors (Lipinski definition) is 6. The number of nitrogens with zero attached hydrogens (tertiary/aromatic N) is 2. The molecule has 3 heterocycles. The summed E-state index contributed by atoms with van der Waals surface area (Å²) >= 11 is 5.80. The van der Waals surface area contributed by atoms with E-state index >= 15 is 0 Å². The lowest BCUT2D eigenvalue weighted by Crippen LogP contribution is -2.29. The number of benzene rings is 3. The molecule has 0 aliphatic carbocycles. The van der Waals surface area contributed by atoms with Crippen LogP contribution in [0, 0.1) is 0 Å². The van der Waals surface area contributed by atoms with Gasteiger partial charge in [0.05, 0.1) is 17.3 Å². The fourth-order valence-electron chi connectivity index (χ4n) is 5.03. The van der Waals surface area contributed by atoms with Crippen LogP contribution in [0.1, 0.15) is 33.9 Å². The zero-order valence-electron chi connectivity index (χ0n) is 22.7. The molecule has 0 saturated carbocycles. The molecule has 9 nitrogen and oxygen atoms in total. The Bertz CT molecular complexity index is 1760. The Balaban J connectivity index is 1.27. The molecule has 1 fully saturated rings. The number of aromatic nitrogens is 1. The number of carboxylic acid groups (broad SMARTS) is 1. The van der Waals surface area contributed by atoms with Crippen LogP contribution < -0.4 is 20.3 Å². The Morgan fingerprint density at radius 2 is 1.67 bits per heavy atom. The molecule has 1 amide bonds. The minimum Gasteiger partial charge on any atom is -0.484 e. The first kappa shape index (κ1) is 27.7. The lowest BCUT2D eigenvalue weighted by Gasteiger charge is -2.26. The molecule has 2 aromatic heterocycles. The number of carbonyl (C=O) groups is 2. The van der Waals surface area contributed by atoms with Crippen molar-refractivity contribution in [1.82, 2.24) is 10.3 Å². The molecular weight excluding hydrogens is 564 g/mol. The molecule has 0 unspecified atom stereocenters. The van der Waals surface area contributed by atoms with Gasteiger partial charge in [-0.3, -0.25) is 9.78 Å². The van der Waals surface area contributed by atoms with Gasteiger partial charge in [-0.25, -0.2) is 4.79 Å². The largest absolute Gasteiger partial charge is 0.484 e. The summed E-state index contributed by atoms with van der Waals surface area (Å²) in [6.45, 7) is -0.119. The molecule has 1 saturated heterocycles. The van der Waals surface area contributed by atoms with E-state index in [9.17, 15) is 14.7 Å². The van der Waals surface area contributed by atoms with Crippen molar-refractivity contribution in [1.29, 1.82) is 0 Å². The quantitative estimate of drug-likeness (QED) is 0.172. The lowest BCUT2D eigenvalue weighted by atomic mass is 10.0. The SMILES string of the molecule is O=C(COc1ccccc1)Nc1ccc(N2C(=S)N[C@H](c3ccccn3)[C@@H]2c2ccc(-c3ccccc3C(=O)O)o2)cc1. The fourth-order valence-corrected chi connectivity index (χ4v) is 5.38. The lowest BCUT2D eigenvalue weighted by molar-refractivity contribution is -0.118. The van der Waals surface area contributed by atoms with Gasteiger partial charge in [-0.1, -0.05) is 42.5 Å². The van der Waals surface area contributed by atoms with Crippen LogP contribution >= 0.6 is 12.2 Å². The van der Waals surface area contributed by atoms with Gasteiger partial charge in [0.1, 0.15) is 23.3 Å². The summed E-state index contributed by atoms with van der Waals surface area (Å²) in [6, 6.07) is 31.6. The zero-order valence-corrected chi connectivity index (χ0v) is 23.5. The van der Waals surface area contributed by atoms with E-state index in [2.05, 4.69) is 15.6 Å². The van der Waals surface area contributed by atoms with Gasteiger partial charge in [0.15, 0.2) is 11.7 Å². The molecule has 0 spiro atoms. The third kappa shape index (κ3) is 5.95. The van der Waals surface area contributed by atoms with E-state index in [1.165, 1.54) is 0 Å². The minimum atomic E-state index is -1.04. The normalized spacial score (nSPS) is 16.0. The summed E-state index contributed by atoms with van der Waals surface area (Å²) in [4.78, 5) is 30.8. The van der Waals surface area contributed by atoms with Crippen molar-refractivity contribution in [2.24, 2.45) is 0 Å². The first-order valence-electron chi connectivity index (χ1n) is 13.5. The van der Waals surface area contributed by atoms with Crippen LogP contribution in [0.4, 0.5) is 11.4 Å². The number of para-hydroxylation sites is 1. The summed E-state index contributed by atoms with van der Waals surface area (Å²) < 4.78 is 11.9. The summed E-state index contributed by atoms with van der Waals surface area (Å²) in [5.74, 6) is 0.302. The highest BCUT2D eigenvalue weighted by molar-refractivity contribution is 7.80. The Kier molecular flexibility index (Phi) is 7.84. The maximum Gasteiger partial charge on any atom is 0.336 e. The molecule has 0 bridgehead atoms. The maximum atomic E-state index is 12.5. The highest BCUT2D eigenvalue weighted by Gasteiger charge is 2.42. The number of pyridine rings is 1. The molecule has 10 heteroatoms. The Hall–Kier alpha value is -5.48. The molecule has 214 valence electrons. The van der Waals surface area contributed by atoms with Crippen molar-refractivity contribution in [3.8, 4) is 17.1 Å². The summed E-state index contributed by atoms with van der Waals surface area (Å²) in [5.41, 5.74) is 2.76. The molecule has 1 aliphatic rings. The number of thiocarbonyl (C=S) groups is 1. The second kappa shape index (κ2) is 12.2. The van der Waals surface area contributed by atoms with Gasteiger partial charge in [-0.05, 0) is 78.9 Å². The smallest absolute Gasteiger partial charge is 0.336 e. The van der Waals surface area contributed by atoms with Crippen molar-refractivity contribution in [3.63, 3.8) is 0 Å². The molecule has 3 N–H and O–H groups in total. The van der Waals surface area contributed by atoms with E-state index in [4.69, 9.17) is 21.4 Å². The highest BCUT2D eigenvalue weighted by atomic mass is 32.1. The number of rotatable bonds is 9. The standard InChI is InChI=1S/C33H26N4O5S/c38-29(20-41-23-8-2-1-3-9-23)35-21-13-15-22(16-14-21)37-31(30(36-33(37)43)26-12-6-7-19-34-26)28-18-17-27(42-28)24-10-4-5-11-25(24)32(39)40/h1-19,30-31H,20H2,(H,35,38)(H,36,43)(H,39,40)/t30-,31+/m1/s1. The van der Waals surface area contributed by atoms with Gasteiger partial charge < -0.3 is 29.8 Å². The summed E-state index contributed by atoms with van der Waals surface area (Å²) in [7, 11) is 0. The van der Waals surface area contributed by atoms with E-state index in [-0.39, 0.29) is 24.1 Å². The predicted octanol–water partition coefficient (Wildman–Crippen LogP) is 6.23. The highest BCUT2D eigenvalue weighted by Crippen LogP contribution is 2.43. The Morgan fingerprint density at radius 3 is 2.42 bits per heavy atom. The number of nitrogens with one attached hydrogen (secondary N) is 2. The number of furan rings is 1. The third-order valence-electron chi connectivity index (χ3n) is 6.98. The number of hydrogen-bond donors (Lipinski definition) is 3. The van der Waals surface area contributed by atoms with Crippen LogP contribution in [0.25, 0.3) is 11.3 Å². The zero-order chi connectivity index (χ0) is 29.8. The van der Waals surface area contributed by atoms with E-state index in [0.717, 1.165) is 11.4 Å². The van der Waals surface area contributed by atoms with Crippen LogP contribution in [0.5, 0.6) is 5.75 Å². The number of amides is 1. The van der Waals surface area contributed by atoms with Crippen LogP contribution in [0.15, 0.2) is 120 Å². The summed E-state index contributed by atoms with van der Waals surface area (Å²) in [5, 5.41) is 16.4. The van der Waals surface area contributed by atoms with Crippen LogP contribution in [-0.4, -0.2) is 33.7 Å².